The molecule has 0 radical (unpaired) electrons. The molecule has 3 rings (SSSR count). The number of benzene rings is 2. The van der Waals surface area contributed by atoms with E-state index < -0.39 is 0 Å². The Bertz CT molecular complexity index is 969. The van der Waals surface area contributed by atoms with Gasteiger partial charge in [0, 0.05) is 12.6 Å². The Hall–Kier alpha value is -2.86. The fourth-order valence-electron chi connectivity index (χ4n) is 3.20. The molecule has 0 aliphatic heterocycles. The number of nitrogens with one attached hydrogen (secondary N) is 1. The van der Waals surface area contributed by atoms with Gasteiger partial charge in [0.05, 0.1) is 24.1 Å². The van der Waals surface area contributed by atoms with E-state index in [1.165, 1.54) is 0 Å². The van der Waals surface area contributed by atoms with E-state index >= 15 is 0 Å². The Kier molecular flexibility index (Phi) is 7.25. The van der Waals surface area contributed by atoms with Gasteiger partial charge in [0.1, 0.15) is 23.9 Å². The topological polar surface area (TPSA) is 67.5 Å². The maximum absolute atomic E-state index is 12.3. The first-order valence-electron chi connectivity index (χ1n) is 10.2. The van der Waals surface area contributed by atoms with Crippen LogP contribution in [0.25, 0.3) is 10.9 Å². The summed E-state index contributed by atoms with van der Waals surface area (Å²) >= 11 is 0. The van der Waals surface area contributed by atoms with Crippen LogP contribution in [0.3, 0.4) is 0 Å². The minimum atomic E-state index is -0.0969. The molecular weight excluding hydrogens is 366 g/mol. The van der Waals surface area contributed by atoms with Crippen LogP contribution in [0.5, 0.6) is 11.5 Å². The molecule has 0 aliphatic rings. The number of fused-ring (bicyclic) bond motifs is 1. The van der Waals surface area contributed by atoms with Gasteiger partial charge >= 0.3 is 0 Å². The lowest BCUT2D eigenvalue weighted by atomic mass is 10.2. The number of H-pyrrole nitrogens is 1. The van der Waals surface area contributed by atoms with Gasteiger partial charge in [-0.25, -0.2) is 4.98 Å². The van der Waals surface area contributed by atoms with E-state index in [9.17, 15) is 4.79 Å². The van der Waals surface area contributed by atoms with E-state index in [1.807, 2.05) is 49.4 Å². The highest BCUT2D eigenvalue weighted by Gasteiger charge is 2.15. The summed E-state index contributed by atoms with van der Waals surface area (Å²) in [7, 11) is 0. The number of ether oxygens (including phenoxy) is 2. The van der Waals surface area contributed by atoms with Crippen molar-refractivity contribution >= 4 is 10.9 Å². The number of aromatic nitrogens is 2. The Morgan fingerprint density at radius 2 is 1.72 bits per heavy atom. The van der Waals surface area contributed by atoms with E-state index in [2.05, 4.69) is 28.7 Å². The molecule has 0 spiro atoms. The minimum absolute atomic E-state index is 0.0969. The molecule has 0 aliphatic carbocycles. The summed E-state index contributed by atoms with van der Waals surface area (Å²) in [5.74, 6) is 2.33. The molecule has 154 valence electrons. The first-order chi connectivity index (χ1) is 14.1. The monoisotopic (exact) mass is 395 g/mol. The molecule has 1 heterocycles. The van der Waals surface area contributed by atoms with Crippen molar-refractivity contribution in [1.82, 2.24) is 14.9 Å². The Labute approximate surface area is 171 Å². The highest BCUT2D eigenvalue weighted by atomic mass is 16.5. The smallest absolute Gasteiger partial charge is 0.258 e. The third-order valence-corrected chi connectivity index (χ3v) is 5.01. The highest BCUT2D eigenvalue weighted by molar-refractivity contribution is 5.77. The predicted molar refractivity (Wildman–Crippen MR) is 116 cm³/mol. The first kappa shape index (κ1) is 20.9. The summed E-state index contributed by atoms with van der Waals surface area (Å²) in [4.78, 5) is 22.2. The molecule has 0 fully saturated rings. The van der Waals surface area contributed by atoms with E-state index in [1.54, 1.807) is 6.07 Å². The van der Waals surface area contributed by atoms with Crippen LogP contribution in [0.15, 0.2) is 53.3 Å². The molecule has 6 nitrogen and oxygen atoms in total. The molecular formula is C23H29N3O3. The van der Waals surface area contributed by atoms with Gasteiger partial charge in [-0.15, -0.1) is 0 Å². The molecule has 0 bridgehead atoms. The van der Waals surface area contributed by atoms with Crippen LogP contribution in [-0.2, 0) is 6.54 Å². The van der Waals surface area contributed by atoms with Crippen LogP contribution in [-0.4, -0.2) is 40.7 Å². The van der Waals surface area contributed by atoms with Crippen molar-refractivity contribution in [3.8, 4) is 11.5 Å². The largest absolute Gasteiger partial charge is 0.494 e. The number of hydrogen-bond acceptors (Lipinski definition) is 5. The van der Waals surface area contributed by atoms with Crippen molar-refractivity contribution in [3.63, 3.8) is 0 Å². The van der Waals surface area contributed by atoms with Gasteiger partial charge in [0.2, 0.25) is 0 Å². The summed E-state index contributed by atoms with van der Waals surface area (Å²) in [5.41, 5.74) is 0.626. The van der Waals surface area contributed by atoms with Gasteiger partial charge in [-0.05, 0) is 56.7 Å². The van der Waals surface area contributed by atoms with Gasteiger partial charge in [0.25, 0.3) is 5.56 Å². The van der Waals surface area contributed by atoms with Crippen molar-refractivity contribution in [3.05, 3.63) is 64.7 Å². The lowest BCUT2D eigenvalue weighted by Gasteiger charge is -2.27. The van der Waals surface area contributed by atoms with Crippen molar-refractivity contribution in [2.24, 2.45) is 0 Å². The molecule has 0 amide bonds. The summed E-state index contributed by atoms with van der Waals surface area (Å²) < 4.78 is 11.4. The lowest BCUT2D eigenvalue weighted by Crippen LogP contribution is -2.36. The molecule has 0 saturated heterocycles. The molecule has 1 atom stereocenters. The second kappa shape index (κ2) is 10.1. The summed E-state index contributed by atoms with van der Waals surface area (Å²) in [6.07, 6.45) is 1.00. The molecule has 6 heteroatoms. The Balaban J connectivity index is 1.64. The van der Waals surface area contributed by atoms with Crippen molar-refractivity contribution in [2.45, 2.75) is 39.8 Å². The normalized spacial score (nSPS) is 12.3. The zero-order chi connectivity index (χ0) is 20.6. The zero-order valence-corrected chi connectivity index (χ0v) is 17.4. The zero-order valence-electron chi connectivity index (χ0n) is 17.4. The third-order valence-electron chi connectivity index (χ3n) is 5.01. The standard InChI is InChI=1S/C23H29N3O3/c1-4-17(3)26(14-15-29-19-12-10-18(11-13-19)28-5-2)16-22-24-21-9-7-6-8-20(21)23(27)25-22/h6-13,17H,4-5,14-16H2,1-3H3,(H,24,25,27). The summed E-state index contributed by atoms with van der Waals surface area (Å²) in [6.45, 7) is 8.80. The van der Waals surface area contributed by atoms with Gasteiger partial charge in [-0.2, -0.15) is 0 Å². The van der Waals surface area contributed by atoms with E-state index in [0.717, 1.165) is 30.0 Å². The fourth-order valence-corrected chi connectivity index (χ4v) is 3.20. The average Bonchev–Trinajstić information content (AvgIpc) is 2.74. The van der Waals surface area contributed by atoms with E-state index in [0.29, 0.717) is 37.0 Å². The van der Waals surface area contributed by atoms with Crippen LogP contribution >= 0.6 is 0 Å². The second-order valence-corrected chi connectivity index (χ2v) is 7.01. The highest BCUT2D eigenvalue weighted by Crippen LogP contribution is 2.18. The molecule has 2 aromatic carbocycles. The maximum Gasteiger partial charge on any atom is 0.258 e. The number of para-hydroxylation sites is 1. The van der Waals surface area contributed by atoms with Crippen LogP contribution in [0.1, 0.15) is 33.0 Å². The fraction of sp³-hybridized carbons (Fsp3) is 0.391. The van der Waals surface area contributed by atoms with Crippen LogP contribution in [0.2, 0.25) is 0 Å². The SMILES string of the molecule is CCOc1ccc(OCCN(Cc2nc3ccccc3c(=O)[nH]2)C(C)CC)cc1. The van der Waals surface area contributed by atoms with Crippen LogP contribution < -0.4 is 15.0 Å². The lowest BCUT2D eigenvalue weighted by molar-refractivity contribution is 0.154. The number of rotatable bonds is 10. The quantitative estimate of drug-likeness (QED) is 0.562. The van der Waals surface area contributed by atoms with Crippen molar-refractivity contribution < 1.29 is 9.47 Å². The van der Waals surface area contributed by atoms with Crippen molar-refractivity contribution in [1.29, 1.82) is 0 Å². The van der Waals surface area contributed by atoms with Gasteiger partial charge in [-0.1, -0.05) is 19.1 Å². The number of nitrogens with zero attached hydrogens (tertiary/aromatic N) is 2. The maximum atomic E-state index is 12.3. The molecule has 0 saturated carbocycles. The third kappa shape index (κ3) is 5.57. The molecule has 1 aromatic heterocycles. The van der Waals surface area contributed by atoms with Gasteiger partial charge in [0.15, 0.2) is 0 Å². The Morgan fingerprint density at radius 1 is 1.03 bits per heavy atom. The molecule has 1 N–H and O–H groups in total. The summed E-state index contributed by atoms with van der Waals surface area (Å²) in [5, 5.41) is 0.616. The summed E-state index contributed by atoms with van der Waals surface area (Å²) in [6, 6.07) is 15.4. The van der Waals surface area contributed by atoms with Crippen LogP contribution in [0.4, 0.5) is 0 Å². The van der Waals surface area contributed by atoms with E-state index in [4.69, 9.17) is 9.47 Å². The van der Waals surface area contributed by atoms with E-state index in [-0.39, 0.29) is 5.56 Å². The average molecular weight is 396 g/mol. The van der Waals surface area contributed by atoms with Crippen LogP contribution in [0, 0.1) is 0 Å². The molecule has 1 unspecified atom stereocenters. The first-order valence-corrected chi connectivity index (χ1v) is 10.2. The molecule has 29 heavy (non-hydrogen) atoms. The minimum Gasteiger partial charge on any atom is -0.494 e. The van der Waals surface area contributed by atoms with Gasteiger partial charge in [-0.3, -0.25) is 9.69 Å². The Morgan fingerprint density at radius 3 is 2.41 bits per heavy atom. The number of aromatic amines is 1. The number of hydrogen-bond donors (Lipinski definition) is 1. The predicted octanol–water partition coefficient (Wildman–Crippen LogP) is 4.00. The van der Waals surface area contributed by atoms with Crippen molar-refractivity contribution in [2.75, 3.05) is 19.8 Å². The van der Waals surface area contributed by atoms with Gasteiger partial charge < -0.3 is 14.5 Å². The second-order valence-electron chi connectivity index (χ2n) is 7.01. The molecule has 3 aromatic rings.